The molecule has 1 aromatic rings. The van der Waals surface area contributed by atoms with Gasteiger partial charge in [-0.25, -0.2) is 0 Å². The molecule has 2 aliphatic heterocycles. The standard InChI is InChI=1S/C20H31N3O3/c1-14-8-16(4-6-21-14)20(24)22-12-15-5-7-23(13-15)17-9-18(25-2)11-19(10-17)26-3/h9-11,14-16,21H,4-8,12-13H2,1-3H3,(H,22,24)/t14-,15?,16-/m0/s1. The van der Waals surface area contributed by atoms with Crippen LogP contribution in [-0.4, -0.2) is 52.3 Å². The summed E-state index contributed by atoms with van der Waals surface area (Å²) in [6, 6.07) is 6.40. The SMILES string of the molecule is COc1cc(OC)cc(N2CCC(CNC(=O)[C@H]3CCN[C@@H](C)C3)C2)c1. The maximum absolute atomic E-state index is 12.4. The van der Waals surface area contributed by atoms with E-state index in [-0.39, 0.29) is 11.8 Å². The Morgan fingerprint density at radius 3 is 2.62 bits per heavy atom. The van der Waals surface area contributed by atoms with Crippen LogP contribution in [0.1, 0.15) is 26.2 Å². The molecule has 0 bridgehead atoms. The van der Waals surface area contributed by atoms with Gasteiger partial charge in [0.1, 0.15) is 11.5 Å². The smallest absolute Gasteiger partial charge is 0.223 e. The Labute approximate surface area is 156 Å². The van der Waals surface area contributed by atoms with Gasteiger partial charge in [-0.1, -0.05) is 0 Å². The molecule has 2 fully saturated rings. The van der Waals surface area contributed by atoms with Crippen LogP contribution in [0, 0.1) is 11.8 Å². The molecule has 0 radical (unpaired) electrons. The highest BCUT2D eigenvalue weighted by Crippen LogP contribution is 2.31. The fourth-order valence-electron chi connectivity index (χ4n) is 3.97. The lowest BCUT2D eigenvalue weighted by atomic mass is 9.92. The molecule has 1 aromatic carbocycles. The van der Waals surface area contributed by atoms with Gasteiger partial charge in [0.15, 0.2) is 0 Å². The second kappa shape index (κ2) is 8.62. The Kier molecular flexibility index (Phi) is 6.25. The second-order valence-corrected chi connectivity index (χ2v) is 7.49. The lowest BCUT2D eigenvalue weighted by Crippen LogP contribution is -2.43. The van der Waals surface area contributed by atoms with E-state index in [1.165, 1.54) is 0 Å². The third-order valence-corrected chi connectivity index (χ3v) is 5.55. The van der Waals surface area contributed by atoms with Crippen molar-refractivity contribution in [3.8, 4) is 11.5 Å². The van der Waals surface area contributed by atoms with E-state index in [0.717, 1.165) is 62.6 Å². The van der Waals surface area contributed by atoms with Gasteiger partial charge in [-0.05, 0) is 38.6 Å². The first-order chi connectivity index (χ1) is 12.6. The number of ether oxygens (including phenoxy) is 2. The molecule has 2 aliphatic rings. The number of hydrogen-bond donors (Lipinski definition) is 2. The highest BCUT2D eigenvalue weighted by Gasteiger charge is 2.27. The number of amides is 1. The van der Waals surface area contributed by atoms with Gasteiger partial charge in [-0.2, -0.15) is 0 Å². The quantitative estimate of drug-likeness (QED) is 0.812. The van der Waals surface area contributed by atoms with E-state index in [1.807, 2.05) is 18.2 Å². The number of benzene rings is 1. The zero-order valence-corrected chi connectivity index (χ0v) is 16.1. The van der Waals surface area contributed by atoms with Crippen LogP contribution in [0.2, 0.25) is 0 Å². The molecule has 1 unspecified atom stereocenters. The molecule has 2 heterocycles. The van der Waals surface area contributed by atoms with Gasteiger partial charge < -0.3 is 25.0 Å². The number of hydrogen-bond acceptors (Lipinski definition) is 5. The van der Waals surface area contributed by atoms with Gasteiger partial charge in [0.2, 0.25) is 5.91 Å². The van der Waals surface area contributed by atoms with Crippen LogP contribution in [0.25, 0.3) is 0 Å². The number of nitrogens with zero attached hydrogens (tertiary/aromatic N) is 1. The normalized spacial score (nSPS) is 25.8. The molecule has 6 nitrogen and oxygen atoms in total. The highest BCUT2D eigenvalue weighted by molar-refractivity contribution is 5.78. The van der Waals surface area contributed by atoms with Gasteiger partial charge in [-0.15, -0.1) is 0 Å². The molecule has 2 saturated heterocycles. The minimum atomic E-state index is 0.159. The first-order valence-corrected chi connectivity index (χ1v) is 9.58. The van der Waals surface area contributed by atoms with Crippen LogP contribution >= 0.6 is 0 Å². The van der Waals surface area contributed by atoms with E-state index in [2.05, 4.69) is 22.5 Å². The topological polar surface area (TPSA) is 62.8 Å². The number of piperidine rings is 1. The van der Waals surface area contributed by atoms with Crippen molar-refractivity contribution >= 4 is 11.6 Å². The Balaban J connectivity index is 1.52. The minimum absolute atomic E-state index is 0.159. The monoisotopic (exact) mass is 361 g/mol. The van der Waals surface area contributed by atoms with Crippen molar-refractivity contribution in [3.63, 3.8) is 0 Å². The van der Waals surface area contributed by atoms with Crippen molar-refractivity contribution in [2.75, 3.05) is 45.3 Å². The summed E-state index contributed by atoms with van der Waals surface area (Å²) in [4.78, 5) is 14.8. The zero-order valence-electron chi connectivity index (χ0n) is 16.1. The van der Waals surface area contributed by atoms with Crippen LogP contribution in [-0.2, 0) is 4.79 Å². The predicted octanol–water partition coefficient (Wildman–Crippen LogP) is 2.03. The van der Waals surface area contributed by atoms with Crippen molar-refractivity contribution in [2.24, 2.45) is 11.8 Å². The van der Waals surface area contributed by atoms with Gasteiger partial charge in [-0.3, -0.25) is 4.79 Å². The molecule has 1 amide bonds. The zero-order chi connectivity index (χ0) is 18.5. The highest BCUT2D eigenvalue weighted by atomic mass is 16.5. The first kappa shape index (κ1) is 18.8. The molecule has 3 atom stereocenters. The van der Waals surface area contributed by atoms with Crippen LogP contribution < -0.4 is 25.0 Å². The van der Waals surface area contributed by atoms with Gasteiger partial charge in [0, 0.05) is 55.5 Å². The summed E-state index contributed by atoms with van der Waals surface area (Å²) < 4.78 is 10.7. The largest absolute Gasteiger partial charge is 0.497 e. The number of nitrogens with one attached hydrogen (secondary N) is 2. The summed E-state index contributed by atoms with van der Waals surface area (Å²) >= 11 is 0. The van der Waals surface area contributed by atoms with Gasteiger partial charge in [0.05, 0.1) is 14.2 Å². The van der Waals surface area contributed by atoms with Crippen molar-refractivity contribution < 1.29 is 14.3 Å². The molecule has 26 heavy (non-hydrogen) atoms. The van der Waals surface area contributed by atoms with E-state index < -0.39 is 0 Å². The average molecular weight is 361 g/mol. The number of methoxy groups -OCH3 is 2. The van der Waals surface area contributed by atoms with Gasteiger partial charge >= 0.3 is 0 Å². The van der Waals surface area contributed by atoms with E-state index >= 15 is 0 Å². The maximum Gasteiger partial charge on any atom is 0.223 e. The Hall–Kier alpha value is -1.95. The second-order valence-electron chi connectivity index (χ2n) is 7.49. The maximum atomic E-state index is 12.4. The summed E-state index contributed by atoms with van der Waals surface area (Å²) in [6.07, 6.45) is 2.96. The predicted molar refractivity (Wildman–Crippen MR) is 103 cm³/mol. The number of anilines is 1. The first-order valence-electron chi connectivity index (χ1n) is 9.58. The molecular weight excluding hydrogens is 330 g/mol. The molecule has 0 aromatic heterocycles. The molecule has 0 spiro atoms. The molecule has 6 heteroatoms. The summed E-state index contributed by atoms with van der Waals surface area (Å²) in [5.74, 6) is 2.47. The third kappa shape index (κ3) is 4.61. The molecule has 0 aliphatic carbocycles. The Morgan fingerprint density at radius 1 is 1.23 bits per heavy atom. The van der Waals surface area contributed by atoms with Crippen LogP contribution in [0.4, 0.5) is 5.69 Å². The van der Waals surface area contributed by atoms with Crippen molar-refractivity contribution in [1.29, 1.82) is 0 Å². The summed E-state index contributed by atoms with van der Waals surface area (Å²) in [7, 11) is 3.34. The van der Waals surface area contributed by atoms with Crippen molar-refractivity contribution in [1.82, 2.24) is 10.6 Å². The molecular formula is C20H31N3O3. The fourth-order valence-corrected chi connectivity index (χ4v) is 3.97. The molecule has 144 valence electrons. The van der Waals surface area contributed by atoms with Crippen molar-refractivity contribution in [2.45, 2.75) is 32.2 Å². The van der Waals surface area contributed by atoms with Gasteiger partial charge in [0.25, 0.3) is 0 Å². The number of rotatable bonds is 6. The summed E-state index contributed by atoms with van der Waals surface area (Å²) in [5, 5.41) is 6.59. The fraction of sp³-hybridized carbons (Fsp3) is 0.650. The molecule has 0 saturated carbocycles. The van der Waals surface area contributed by atoms with Crippen LogP contribution in [0.15, 0.2) is 18.2 Å². The molecule has 2 N–H and O–H groups in total. The lowest BCUT2D eigenvalue weighted by molar-refractivity contribution is -0.126. The van der Waals surface area contributed by atoms with E-state index in [4.69, 9.17) is 9.47 Å². The average Bonchev–Trinajstić information content (AvgIpc) is 3.14. The Bertz CT molecular complexity index is 600. The van der Waals surface area contributed by atoms with Crippen LogP contribution in [0.5, 0.6) is 11.5 Å². The van der Waals surface area contributed by atoms with Crippen LogP contribution in [0.3, 0.4) is 0 Å². The minimum Gasteiger partial charge on any atom is -0.497 e. The third-order valence-electron chi connectivity index (χ3n) is 5.55. The number of carbonyl (C=O) groups is 1. The summed E-state index contributed by atoms with van der Waals surface area (Å²) in [5.41, 5.74) is 1.11. The van der Waals surface area contributed by atoms with Crippen molar-refractivity contribution in [3.05, 3.63) is 18.2 Å². The lowest BCUT2D eigenvalue weighted by Gasteiger charge is -2.27. The Morgan fingerprint density at radius 2 is 1.96 bits per heavy atom. The number of carbonyl (C=O) groups excluding carboxylic acids is 1. The summed E-state index contributed by atoms with van der Waals surface area (Å²) in [6.45, 7) is 5.78. The van der Waals surface area contributed by atoms with E-state index in [0.29, 0.717) is 12.0 Å². The molecule has 3 rings (SSSR count). The van der Waals surface area contributed by atoms with E-state index in [9.17, 15) is 4.79 Å². The van der Waals surface area contributed by atoms with E-state index in [1.54, 1.807) is 14.2 Å².